The van der Waals surface area contributed by atoms with Crippen LogP contribution in [0, 0.1) is 6.92 Å². The summed E-state index contributed by atoms with van der Waals surface area (Å²) < 4.78 is 0. The van der Waals surface area contributed by atoms with Crippen LogP contribution in [0.1, 0.15) is 31.9 Å². The summed E-state index contributed by atoms with van der Waals surface area (Å²) in [4.78, 5) is 4.33. The smallest absolute Gasteiger partial charge is 0.0349 e. The molecule has 1 heterocycles. The summed E-state index contributed by atoms with van der Waals surface area (Å²) in [5, 5.41) is 0. The Bertz CT molecular complexity index is 507. The summed E-state index contributed by atoms with van der Waals surface area (Å²) in [5.41, 5.74) is 5.28. The summed E-state index contributed by atoms with van der Waals surface area (Å²) in [7, 11) is 0. The normalized spacial score (nSPS) is 11.5. The van der Waals surface area contributed by atoms with E-state index in [0.29, 0.717) is 0 Å². The molecule has 0 amide bonds. The van der Waals surface area contributed by atoms with Crippen molar-refractivity contribution in [2.45, 2.75) is 33.1 Å². The van der Waals surface area contributed by atoms with E-state index in [-0.39, 0.29) is 5.41 Å². The lowest BCUT2D eigenvalue weighted by atomic mass is 9.80. The van der Waals surface area contributed by atoms with Gasteiger partial charge in [0.25, 0.3) is 0 Å². The van der Waals surface area contributed by atoms with E-state index in [1.165, 1.54) is 22.3 Å². The van der Waals surface area contributed by atoms with Crippen LogP contribution in [0.5, 0.6) is 0 Å². The second-order valence-corrected chi connectivity index (χ2v) is 5.49. The molecule has 0 spiro atoms. The van der Waals surface area contributed by atoms with E-state index in [1.54, 1.807) is 0 Å². The third-order valence-electron chi connectivity index (χ3n) is 2.97. The van der Waals surface area contributed by atoms with Crippen LogP contribution in [0.3, 0.4) is 0 Å². The molecular weight excluding hydrogens is 206 g/mol. The zero-order valence-corrected chi connectivity index (χ0v) is 11.0. The van der Waals surface area contributed by atoms with Crippen molar-refractivity contribution in [3.8, 4) is 11.1 Å². The second kappa shape index (κ2) is 4.33. The van der Waals surface area contributed by atoms with Gasteiger partial charge < -0.3 is 0 Å². The number of benzene rings is 1. The molecule has 2 rings (SSSR count). The number of nitrogens with zero attached hydrogens (tertiary/aromatic N) is 1. The Hall–Kier alpha value is -1.63. The Kier molecular flexibility index (Phi) is 3.01. The van der Waals surface area contributed by atoms with Crippen LogP contribution in [0.25, 0.3) is 11.1 Å². The molecule has 17 heavy (non-hydrogen) atoms. The SMILES string of the molecule is Cc1cncc(-c2ccccc2)c1C(C)(C)C. The summed E-state index contributed by atoms with van der Waals surface area (Å²) in [5.74, 6) is 0. The summed E-state index contributed by atoms with van der Waals surface area (Å²) in [6.45, 7) is 8.89. The molecule has 0 saturated carbocycles. The lowest BCUT2D eigenvalue weighted by Gasteiger charge is -2.25. The van der Waals surface area contributed by atoms with Crippen LogP contribution in [-0.4, -0.2) is 4.98 Å². The molecule has 1 aromatic heterocycles. The number of pyridine rings is 1. The predicted octanol–water partition coefficient (Wildman–Crippen LogP) is 4.35. The fraction of sp³-hybridized carbons (Fsp3) is 0.312. The molecule has 0 fully saturated rings. The molecule has 1 nitrogen and oxygen atoms in total. The lowest BCUT2D eigenvalue weighted by molar-refractivity contribution is 0.587. The van der Waals surface area contributed by atoms with Crippen molar-refractivity contribution in [3.05, 3.63) is 53.9 Å². The highest BCUT2D eigenvalue weighted by Crippen LogP contribution is 2.34. The Morgan fingerprint density at radius 2 is 1.59 bits per heavy atom. The summed E-state index contributed by atoms with van der Waals surface area (Å²) in [6, 6.07) is 10.5. The van der Waals surface area contributed by atoms with Crippen LogP contribution in [-0.2, 0) is 5.41 Å². The number of hydrogen-bond donors (Lipinski definition) is 0. The maximum Gasteiger partial charge on any atom is 0.0349 e. The van der Waals surface area contributed by atoms with Gasteiger partial charge in [0.15, 0.2) is 0 Å². The van der Waals surface area contributed by atoms with Crippen LogP contribution in [0.15, 0.2) is 42.7 Å². The van der Waals surface area contributed by atoms with Gasteiger partial charge in [-0.25, -0.2) is 0 Å². The molecule has 1 heteroatoms. The van der Waals surface area contributed by atoms with Gasteiger partial charge in [-0.15, -0.1) is 0 Å². The average Bonchev–Trinajstić information content (AvgIpc) is 2.28. The van der Waals surface area contributed by atoms with Crippen molar-refractivity contribution in [2.75, 3.05) is 0 Å². The molecule has 0 aliphatic heterocycles. The molecule has 0 aliphatic rings. The molecule has 0 aliphatic carbocycles. The number of aryl methyl sites for hydroxylation is 1. The fourth-order valence-corrected chi connectivity index (χ4v) is 2.40. The van der Waals surface area contributed by atoms with E-state index in [9.17, 15) is 0 Å². The van der Waals surface area contributed by atoms with E-state index >= 15 is 0 Å². The quantitative estimate of drug-likeness (QED) is 0.703. The first-order valence-electron chi connectivity index (χ1n) is 6.00. The van der Waals surface area contributed by atoms with Gasteiger partial charge in [0.05, 0.1) is 0 Å². The van der Waals surface area contributed by atoms with Gasteiger partial charge in [-0.3, -0.25) is 4.98 Å². The van der Waals surface area contributed by atoms with Gasteiger partial charge in [0, 0.05) is 18.0 Å². The Morgan fingerprint density at radius 1 is 0.941 bits per heavy atom. The zero-order valence-electron chi connectivity index (χ0n) is 11.0. The summed E-state index contributed by atoms with van der Waals surface area (Å²) >= 11 is 0. The van der Waals surface area contributed by atoms with Crippen LogP contribution < -0.4 is 0 Å². The van der Waals surface area contributed by atoms with E-state index in [0.717, 1.165) is 0 Å². The van der Waals surface area contributed by atoms with Crippen LogP contribution in [0.4, 0.5) is 0 Å². The largest absolute Gasteiger partial charge is 0.264 e. The minimum atomic E-state index is 0.137. The minimum absolute atomic E-state index is 0.137. The average molecular weight is 225 g/mol. The highest BCUT2D eigenvalue weighted by atomic mass is 14.6. The molecule has 1 aromatic carbocycles. The van der Waals surface area contributed by atoms with Crippen LogP contribution >= 0.6 is 0 Å². The Morgan fingerprint density at radius 3 is 2.18 bits per heavy atom. The van der Waals surface area contributed by atoms with E-state index in [1.807, 2.05) is 18.5 Å². The molecule has 88 valence electrons. The first-order chi connectivity index (χ1) is 8.00. The molecule has 0 bridgehead atoms. The van der Waals surface area contributed by atoms with Gasteiger partial charge in [-0.2, -0.15) is 0 Å². The molecule has 2 aromatic rings. The molecule has 0 atom stereocenters. The second-order valence-electron chi connectivity index (χ2n) is 5.49. The highest BCUT2D eigenvalue weighted by Gasteiger charge is 2.21. The number of hydrogen-bond acceptors (Lipinski definition) is 1. The number of aromatic nitrogens is 1. The van der Waals surface area contributed by atoms with Gasteiger partial charge >= 0.3 is 0 Å². The zero-order chi connectivity index (χ0) is 12.5. The fourth-order valence-electron chi connectivity index (χ4n) is 2.40. The van der Waals surface area contributed by atoms with Gasteiger partial charge in [0.2, 0.25) is 0 Å². The molecule has 0 unspecified atom stereocenters. The van der Waals surface area contributed by atoms with Crippen molar-refractivity contribution in [1.29, 1.82) is 0 Å². The Balaban J connectivity index is 2.67. The maximum absolute atomic E-state index is 4.33. The van der Waals surface area contributed by atoms with Gasteiger partial charge in [0.1, 0.15) is 0 Å². The third kappa shape index (κ3) is 2.38. The van der Waals surface area contributed by atoms with Crippen molar-refractivity contribution >= 4 is 0 Å². The van der Waals surface area contributed by atoms with Crippen LogP contribution in [0.2, 0.25) is 0 Å². The maximum atomic E-state index is 4.33. The molecular formula is C16H19N. The number of rotatable bonds is 1. The highest BCUT2D eigenvalue weighted by molar-refractivity contribution is 5.69. The molecule has 0 saturated heterocycles. The minimum Gasteiger partial charge on any atom is -0.264 e. The van der Waals surface area contributed by atoms with E-state index in [2.05, 4.69) is 56.9 Å². The van der Waals surface area contributed by atoms with Gasteiger partial charge in [-0.1, -0.05) is 51.1 Å². The van der Waals surface area contributed by atoms with Gasteiger partial charge in [-0.05, 0) is 29.0 Å². The molecule has 0 radical (unpaired) electrons. The van der Waals surface area contributed by atoms with E-state index in [4.69, 9.17) is 0 Å². The molecule has 0 N–H and O–H groups in total. The van der Waals surface area contributed by atoms with Crippen molar-refractivity contribution in [3.63, 3.8) is 0 Å². The van der Waals surface area contributed by atoms with Crippen molar-refractivity contribution < 1.29 is 0 Å². The predicted molar refractivity (Wildman–Crippen MR) is 73.1 cm³/mol. The first kappa shape index (κ1) is 11.8. The monoisotopic (exact) mass is 225 g/mol. The van der Waals surface area contributed by atoms with Crippen molar-refractivity contribution in [1.82, 2.24) is 4.98 Å². The Labute approximate surface area is 104 Å². The topological polar surface area (TPSA) is 12.9 Å². The lowest BCUT2D eigenvalue weighted by Crippen LogP contribution is -2.15. The van der Waals surface area contributed by atoms with Crippen molar-refractivity contribution in [2.24, 2.45) is 0 Å². The third-order valence-corrected chi connectivity index (χ3v) is 2.97. The standard InChI is InChI=1S/C16H19N/c1-12-10-17-11-14(15(12)16(2,3)4)13-8-6-5-7-9-13/h5-11H,1-4H3. The van der Waals surface area contributed by atoms with E-state index < -0.39 is 0 Å². The first-order valence-corrected chi connectivity index (χ1v) is 6.00. The summed E-state index contributed by atoms with van der Waals surface area (Å²) in [6.07, 6.45) is 3.93.